The van der Waals surface area contributed by atoms with Crippen molar-refractivity contribution in [1.82, 2.24) is 0 Å². The van der Waals surface area contributed by atoms with Gasteiger partial charge in [0, 0.05) is 0 Å². The molecule has 2 rings (SSSR count). The maximum absolute atomic E-state index is 12.3. The quantitative estimate of drug-likeness (QED) is 0.834. The van der Waals surface area contributed by atoms with Gasteiger partial charge in [-0.15, -0.1) is 0 Å². The van der Waals surface area contributed by atoms with E-state index in [1.165, 1.54) is 0 Å². The predicted molar refractivity (Wildman–Crippen MR) is 69.1 cm³/mol. The lowest BCUT2D eigenvalue weighted by atomic mass is 9.91. The summed E-state index contributed by atoms with van der Waals surface area (Å²) in [4.78, 5) is 10.8. The highest BCUT2D eigenvalue weighted by Crippen LogP contribution is 2.50. The number of hydrogen-bond donors (Lipinski definition) is 1. The van der Waals surface area contributed by atoms with Gasteiger partial charge in [0.2, 0.25) is 0 Å². The first-order valence-electron chi connectivity index (χ1n) is 6.76. The molecule has 0 aromatic carbocycles. The molecule has 2 aliphatic carbocycles. The fourth-order valence-corrected chi connectivity index (χ4v) is 5.47. The summed E-state index contributed by atoms with van der Waals surface area (Å²) in [6, 6.07) is 0. The topological polar surface area (TPSA) is 71.4 Å². The molecular formula is C13H22O4S. The van der Waals surface area contributed by atoms with E-state index < -0.39 is 21.2 Å². The molecule has 0 spiro atoms. The smallest absolute Gasteiger partial charge is 0.303 e. The normalized spacial score (nSPS) is 30.9. The van der Waals surface area contributed by atoms with Crippen molar-refractivity contribution in [3.05, 3.63) is 0 Å². The average Bonchev–Trinajstić information content (AvgIpc) is 2.96. The van der Waals surface area contributed by atoms with Crippen LogP contribution in [0.5, 0.6) is 0 Å². The molecule has 0 aromatic rings. The largest absolute Gasteiger partial charge is 0.481 e. The number of rotatable bonds is 5. The van der Waals surface area contributed by atoms with Crippen LogP contribution in [0.15, 0.2) is 0 Å². The molecule has 18 heavy (non-hydrogen) atoms. The lowest BCUT2D eigenvalue weighted by Gasteiger charge is -2.27. The summed E-state index contributed by atoms with van der Waals surface area (Å²) >= 11 is 0. The van der Waals surface area contributed by atoms with Crippen LogP contribution in [0.3, 0.4) is 0 Å². The van der Waals surface area contributed by atoms with Crippen LogP contribution in [-0.2, 0) is 14.6 Å². The molecule has 0 saturated heterocycles. The van der Waals surface area contributed by atoms with Crippen molar-refractivity contribution in [2.75, 3.05) is 5.75 Å². The Morgan fingerprint density at radius 1 is 1.22 bits per heavy atom. The van der Waals surface area contributed by atoms with E-state index in [1.54, 1.807) is 0 Å². The van der Waals surface area contributed by atoms with Crippen LogP contribution < -0.4 is 0 Å². The molecule has 2 saturated carbocycles. The number of sulfone groups is 1. The summed E-state index contributed by atoms with van der Waals surface area (Å²) in [7, 11) is -3.11. The van der Waals surface area contributed by atoms with Crippen molar-refractivity contribution >= 4 is 15.8 Å². The Kier molecular flexibility index (Phi) is 3.72. The Balaban J connectivity index is 1.97. The number of carbonyl (C=O) groups is 1. The minimum atomic E-state index is -3.11. The number of carboxylic acid groups (broad SMARTS) is 1. The third-order valence-corrected chi connectivity index (χ3v) is 6.96. The van der Waals surface area contributed by atoms with Gasteiger partial charge >= 0.3 is 5.97 Å². The minimum absolute atomic E-state index is 0.00928. The summed E-state index contributed by atoms with van der Waals surface area (Å²) in [5, 5.41) is 8.61. The molecule has 1 N–H and O–H groups in total. The standard InChI is InChI=1S/C13H22O4S/c1-10-2-4-11(5-3-10)18(16,17)9-13(6-7-13)8-12(14)15/h10-11H,2-9H2,1H3,(H,14,15). The third-order valence-electron chi connectivity index (χ3n) is 4.46. The van der Waals surface area contributed by atoms with E-state index in [2.05, 4.69) is 6.92 Å². The van der Waals surface area contributed by atoms with Crippen molar-refractivity contribution in [1.29, 1.82) is 0 Å². The van der Waals surface area contributed by atoms with Crippen molar-refractivity contribution < 1.29 is 18.3 Å². The van der Waals surface area contributed by atoms with Crippen LogP contribution in [-0.4, -0.2) is 30.5 Å². The zero-order valence-corrected chi connectivity index (χ0v) is 11.7. The molecule has 0 bridgehead atoms. The monoisotopic (exact) mass is 274 g/mol. The van der Waals surface area contributed by atoms with E-state index >= 15 is 0 Å². The van der Waals surface area contributed by atoms with Gasteiger partial charge in [-0.05, 0) is 49.9 Å². The van der Waals surface area contributed by atoms with Gasteiger partial charge in [0.1, 0.15) is 0 Å². The molecule has 104 valence electrons. The van der Waals surface area contributed by atoms with Crippen molar-refractivity contribution in [2.24, 2.45) is 11.3 Å². The molecule has 5 heteroatoms. The van der Waals surface area contributed by atoms with Gasteiger partial charge in [-0.2, -0.15) is 0 Å². The zero-order chi connectivity index (χ0) is 13.4. The molecule has 0 unspecified atom stereocenters. The van der Waals surface area contributed by atoms with Crippen LogP contribution in [0.25, 0.3) is 0 Å². The van der Waals surface area contributed by atoms with Gasteiger partial charge in [0.15, 0.2) is 9.84 Å². The number of carboxylic acids is 1. The van der Waals surface area contributed by atoms with Gasteiger partial charge in [0.25, 0.3) is 0 Å². The van der Waals surface area contributed by atoms with Gasteiger partial charge in [0.05, 0.1) is 17.4 Å². The summed E-state index contributed by atoms with van der Waals surface area (Å²) in [5.41, 5.74) is -0.437. The van der Waals surface area contributed by atoms with Crippen LogP contribution >= 0.6 is 0 Å². The van der Waals surface area contributed by atoms with E-state index in [9.17, 15) is 13.2 Å². The second kappa shape index (κ2) is 4.83. The number of aliphatic carboxylic acids is 1. The van der Waals surface area contributed by atoms with Crippen molar-refractivity contribution in [2.45, 2.75) is 57.1 Å². The lowest BCUT2D eigenvalue weighted by Crippen LogP contribution is -2.32. The van der Waals surface area contributed by atoms with Crippen LogP contribution in [0, 0.1) is 11.3 Å². The zero-order valence-electron chi connectivity index (χ0n) is 10.9. The van der Waals surface area contributed by atoms with Gasteiger partial charge < -0.3 is 5.11 Å². The van der Waals surface area contributed by atoms with Gasteiger partial charge in [-0.25, -0.2) is 8.42 Å². The molecule has 2 aliphatic rings. The number of hydrogen-bond acceptors (Lipinski definition) is 3. The SMILES string of the molecule is CC1CCC(S(=O)(=O)CC2(CC(=O)O)CC2)CC1. The average molecular weight is 274 g/mol. The Hall–Kier alpha value is -0.580. The second-order valence-electron chi connectivity index (χ2n) is 6.26. The summed E-state index contributed by atoms with van der Waals surface area (Å²) in [6.07, 6.45) is 4.99. The molecule has 2 fully saturated rings. The Morgan fingerprint density at radius 2 is 1.78 bits per heavy atom. The first kappa shape index (κ1) is 13.8. The van der Waals surface area contributed by atoms with E-state index in [0.29, 0.717) is 5.92 Å². The van der Waals surface area contributed by atoms with E-state index in [-0.39, 0.29) is 17.4 Å². The van der Waals surface area contributed by atoms with E-state index in [4.69, 9.17) is 5.11 Å². The Bertz CT molecular complexity index is 414. The maximum Gasteiger partial charge on any atom is 0.303 e. The van der Waals surface area contributed by atoms with Crippen molar-refractivity contribution in [3.8, 4) is 0 Å². The highest BCUT2D eigenvalue weighted by atomic mass is 32.2. The Morgan fingerprint density at radius 3 is 2.22 bits per heavy atom. The third kappa shape index (κ3) is 3.25. The molecule has 4 nitrogen and oxygen atoms in total. The first-order chi connectivity index (χ1) is 8.33. The fraction of sp³-hybridized carbons (Fsp3) is 0.923. The predicted octanol–water partition coefficient (Wildman–Crippen LogP) is 2.23. The summed E-state index contributed by atoms with van der Waals surface area (Å²) in [6.45, 7) is 2.16. The molecule has 0 heterocycles. The van der Waals surface area contributed by atoms with E-state index in [0.717, 1.165) is 38.5 Å². The molecular weight excluding hydrogens is 252 g/mol. The highest BCUT2D eigenvalue weighted by molar-refractivity contribution is 7.92. The Labute approximate surface area is 109 Å². The van der Waals surface area contributed by atoms with Crippen LogP contribution in [0.4, 0.5) is 0 Å². The summed E-state index contributed by atoms with van der Waals surface area (Å²) in [5.74, 6) is -0.156. The van der Waals surface area contributed by atoms with Crippen LogP contribution in [0.1, 0.15) is 51.9 Å². The molecule has 0 radical (unpaired) electrons. The summed E-state index contributed by atoms with van der Waals surface area (Å²) < 4.78 is 24.7. The fourth-order valence-electron chi connectivity index (χ4n) is 3.00. The maximum atomic E-state index is 12.3. The molecule has 0 aromatic heterocycles. The molecule has 0 amide bonds. The lowest BCUT2D eigenvalue weighted by molar-refractivity contribution is -0.138. The van der Waals surface area contributed by atoms with Crippen molar-refractivity contribution in [3.63, 3.8) is 0 Å². The van der Waals surface area contributed by atoms with E-state index in [1.807, 2.05) is 0 Å². The second-order valence-corrected chi connectivity index (χ2v) is 8.54. The minimum Gasteiger partial charge on any atom is -0.481 e. The molecule has 0 atom stereocenters. The van der Waals surface area contributed by atoms with Gasteiger partial charge in [-0.3, -0.25) is 4.79 Å². The highest BCUT2D eigenvalue weighted by Gasteiger charge is 2.49. The first-order valence-corrected chi connectivity index (χ1v) is 8.48. The van der Waals surface area contributed by atoms with Gasteiger partial charge in [-0.1, -0.05) is 6.92 Å². The van der Waals surface area contributed by atoms with Crippen LogP contribution in [0.2, 0.25) is 0 Å². The molecule has 0 aliphatic heterocycles.